The molecule has 2 N–H and O–H groups in total. The number of carbonyl (C=O) groups is 1. The van der Waals surface area contributed by atoms with Crippen LogP contribution in [0.2, 0.25) is 0 Å². The Morgan fingerprint density at radius 1 is 1.26 bits per heavy atom. The highest BCUT2D eigenvalue weighted by atomic mass is 19.1. The molecular weight excluding hydrogens is 250 g/mol. The fraction of sp³-hybridized carbons (Fsp3) is 0.500. The largest absolute Gasteiger partial charge is 0.372 e. The molecule has 5 heteroatoms. The molecule has 106 valence electrons. The maximum atomic E-state index is 13.4. The summed E-state index contributed by atoms with van der Waals surface area (Å²) in [4.78, 5) is 11.9. The van der Waals surface area contributed by atoms with Crippen LogP contribution in [0, 0.1) is 11.6 Å². The van der Waals surface area contributed by atoms with E-state index in [1.807, 2.05) is 13.8 Å². The second-order valence-electron chi connectivity index (χ2n) is 4.51. The summed E-state index contributed by atoms with van der Waals surface area (Å²) < 4.78 is 26.2. The second kappa shape index (κ2) is 7.07. The molecule has 1 aromatic carbocycles. The van der Waals surface area contributed by atoms with Crippen molar-refractivity contribution in [3.8, 4) is 0 Å². The molecule has 1 unspecified atom stereocenters. The maximum absolute atomic E-state index is 13.4. The van der Waals surface area contributed by atoms with Crippen LogP contribution in [0.1, 0.15) is 33.6 Å². The summed E-state index contributed by atoms with van der Waals surface area (Å²) in [6.45, 7) is 5.62. The molecule has 0 fully saturated rings. The summed E-state index contributed by atoms with van der Waals surface area (Å²) in [6, 6.07) is 2.76. The molecule has 0 aliphatic carbocycles. The lowest BCUT2D eigenvalue weighted by Gasteiger charge is -2.20. The Morgan fingerprint density at radius 3 is 2.42 bits per heavy atom. The van der Waals surface area contributed by atoms with Gasteiger partial charge in [0.25, 0.3) is 0 Å². The zero-order valence-corrected chi connectivity index (χ0v) is 11.5. The first-order valence-electron chi connectivity index (χ1n) is 6.49. The zero-order chi connectivity index (χ0) is 14.4. The first-order chi connectivity index (χ1) is 8.97. The summed E-state index contributed by atoms with van der Waals surface area (Å²) in [5.74, 6) is -1.54. The predicted octanol–water partition coefficient (Wildman–Crippen LogP) is 3.07. The second-order valence-corrected chi connectivity index (χ2v) is 4.51. The molecule has 1 rings (SSSR count). The van der Waals surface area contributed by atoms with Gasteiger partial charge in [-0.2, -0.15) is 0 Å². The van der Waals surface area contributed by atoms with Crippen LogP contribution in [0.3, 0.4) is 0 Å². The van der Waals surface area contributed by atoms with Crippen LogP contribution in [0.15, 0.2) is 18.2 Å². The van der Waals surface area contributed by atoms with Crippen molar-refractivity contribution in [2.75, 3.05) is 5.32 Å². The van der Waals surface area contributed by atoms with E-state index in [0.29, 0.717) is 0 Å². The summed E-state index contributed by atoms with van der Waals surface area (Å²) in [5, 5.41) is 5.61. The minimum Gasteiger partial charge on any atom is -0.372 e. The van der Waals surface area contributed by atoms with E-state index in [0.717, 1.165) is 25.0 Å². The van der Waals surface area contributed by atoms with E-state index in [9.17, 15) is 13.6 Å². The van der Waals surface area contributed by atoms with Gasteiger partial charge in [-0.15, -0.1) is 0 Å². The highest BCUT2D eigenvalue weighted by Crippen LogP contribution is 2.16. The standard InChI is InChI=1S/C14H20F2N2O/c1-4-11(5-2)18-14(19)9(3)17-13-7-6-10(15)8-12(13)16/h6-9,11,17H,4-5H2,1-3H3,(H,18,19). The highest BCUT2D eigenvalue weighted by molar-refractivity contribution is 5.84. The van der Waals surface area contributed by atoms with Crippen molar-refractivity contribution in [1.82, 2.24) is 5.32 Å². The van der Waals surface area contributed by atoms with Gasteiger partial charge >= 0.3 is 0 Å². The minimum absolute atomic E-state index is 0.119. The summed E-state index contributed by atoms with van der Waals surface area (Å²) in [6.07, 6.45) is 1.69. The van der Waals surface area contributed by atoms with Crippen LogP contribution in [-0.4, -0.2) is 18.0 Å². The van der Waals surface area contributed by atoms with Gasteiger partial charge in [-0.3, -0.25) is 4.79 Å². The predicted molar refractivity (Wildman–Crippen MR) is 72.0 cm³/mol. The molecule has 0 aliphatic rings. The van der Waals surface area contributed by atoms with Gasteiger partial charge in [0.05, 0.1) is 5.69 Å². The van der Waals surface area contributed by atoms with Gasteiger partial charge in [0.15, 0.2) is 0 Å². The molecule has 0 bridgehead atoms. The molecule has 1 atom stereocenters. The molecule has 1 aromatic rings. The summed E-state index contributed by atoms with van der Waals surface area (Å²) >= 11 is 0. The van der Waals surface area contributed by atoms with Crippen LogP contribution >= 0.6 is 0 Å². The Hall–Kier alpha value is -1.65. The highest BCUT2D eigenvalue weighted by Gasteiger charge is 2.17. The van der Waals surface area contributed by atoms with Gasteiger partial charge in [-0.25, -0.2) is 8.78 Å². The van der Waals surface area contributed by atoms with Gasteiger partial charge in [0.1, 0.15) is 17.7 Å². The molecule has 0 spiro atoms. The number of benzene rings is 1. The quantitative estimate of drug-likeness (QED) is 0.834. The van der Waals surface area contributed by atoms with E-state index in [1.54, 1.807) is 6.92 Å². The Balaban J connectivity index is 2.63. The number of hydrogen-bond donors (Lipinski definition) is 2. The summed E-state index contributed by atoms with van der Waals surface area (Å²) in [5.41, 5.74) is 0.119. The van der Waals surface area contributed by atoms with Gasteiger partial charge in [0, 0.05) is 12.1 Å². The van der Waals surface area contributed by atoms with Crippen molar-refractivity contribution < 1.29 is 13.6 Å². The smallest absolute Gasteiger partial charge is 0.242 e. The average molecular weight is 270 g/mol. The summed E-state index contributed by atoms with van der Waals surface area (Å²) in [7, 11) is 0. The molecule has 0 saturated carbocycles. The van der Waals surface area contributed by atoms with Gasteiger partial charge < -0.3 is 10.6 Å². The third-order valence-corrected chi connectivity index (χ3v) is 3.03. The normalized spacial score (nSPS) is 12.3. The molecule has 0 heterocycles. The number of nitrogens with one attached hydrogen (secondary N) is 2. The molecule has 0 radical (unpaired) electrons. The topological polar surface area (TPSA) is 41.1 Å². The lowest BCUT2D eigenvalue weighted by molar-refractivity contribution is -0.122. The Labute approximate surface area is 112 Å². The van der Waals surface area contributed by atoms with Gasteiger partial charge in [-0.05, 0) is 31.9 Å². The maximum Gasteiger partial charge on any atom is 0.242 e. The first kappa shape index (κ1) is 15.4. The molecule has 0 saturated heterocycles. The van der Waals surface area contributed by atoms with E-state index >= 15 is 0 Å². The molecule has 0 aromatic heterocycles. The lowest BCUT2D eigenvalue weighted by Crippen LogP contribution is -2.42. The van der Waals surface area contributed by atoms with E-state index < -0.39 is 17.7 Å². The Kier molecular flexibility index (Phi) is 5.73. The number of carbonyl (C=O) groups excluding carboxylic acids is 1. The lowest BCUT2D eigenvalue weighted by atomic mass is 10.1. The Bertz CT molecular complexity index is 433. The first-order valence-corrected chi connectivity index (χ1v) is 6.49. The monoisotopic (exact) mass is 270 g/mol. The van der Waals surface area contributed by atoms with Crippen LogP contribution in [-0.2, 0) is 4.79 Å². The fourth-order valence-corrected chi connectivity index (χ4v) is 1.72. The number of rotatable bonds is 6. The van der Waals surface area contributed by atoms with E-state index in [4.69, 9.17) is 0 Å². The average Bonchev–Trinajstić information content (AvgIpc) is 2.38. The SMILES string of the molecule is CCC(CC)NC(=O)C(C)Nc1ccc(F)cc1F. The molecule has 0 aliphatic heterocycles. The van der Waals surface area contributed by atoms with Crippen molar-refractivity contribution in [1.29, 1.82) is 0 Å². The van der Waals surface area contributed by atoms with Crippen molar-refractivity contribution >= 4 is 11.6 Å². The number of halogens is 2. The third kappa shape index (κ3) is 4.50. The van der Waals surface area contributed by atoms with Gasteiger partial charge in [0.2, 0.25) is 5.91 Å². The molecule has 19 heavy (non-hydrogen) atoms. The zero-order valence-electron chi connectivity index (χ0n) is 11.5. The van der Waals surface area contributed by atoms with Crippen LogP contribution in [0.5, 0.6) is 0 Å². The van der Waals surface area contributed by atoms with E-state index in [-0.39, 0.29) is 17.6 Å². The molecular formula is C14H20F2N2O. The third-order valence-electron chi connectivity index (χ3n) is 3.03. The Morgan fingerprint density at radius 2 is 1.89 bits per heavy atom. The van der Waals surface area contributed by atoms with Crippen LogP contribution in [0.25, 0.3) is 0 Å². The minimum atomic E-state index is -0.706. The van der Waals surface area contributed by atoms with Crippen molar-refractivity contribution in [3.63, 3.8) is 0 Å². The van der Waals surface area contributed by atoms with Crippen molar-refractivity contribution in [2.45, 2.75) is 45.7 Å². The number of anilines is 1. The molecule has 3 nitrogen and oxygen atoms in total. The number of hydrogen-bond acceptors (Lipinski definition) is 2. The van der Waals surface area contributed by atoms with Crippen molar-refractivity contribution in [2.24, 2.45) is 0 Å². The van der Waals surface area contributed by atoms with E-state index in [2.05, 4.69) is 10.6 Å². The van der Waals surface area contributed by atoms with Crippen LogP contribution < -0.4 is 10.6 Å². The van der Waals surface area contributed by atoms with Crippen LogP contribution in [0.4, 0.5) is 14.5 Å². The van der Waals surface area contributed by atoms with Gasteiger partial charge in [-0.1, -0.05) is 13.8 Å². The molecule has 1 amide bonds. The van der Waals surface area contributed by atoms with E-state index in [1.165, 1.54) is 6.07 Å². The van der Waals surface area contributed by atoms with Crippen molar-refractivity contribution in [3.05, 3.63) is 29.8 Å². The fourth-order valence-electron chi connectivity index (χ4n) is 1.72. The number of amides is 1.